The molecule has 1 atom stereocenters. The first kappa shape index (κ1) is 24.8. The van der Waals surface area contributed by atoms with Gasteiger partial charge in [-0.1, -0.05) is 115 Å². The van der Waals surface area contributed by atoms with Gasteiger partial charge in [-0.05, 0) is 23.6 Å². The zero-order valence-electron chi connectivity index (χ0n) is 18.9. The first-order chi connectivity index (χ1) is 13.7. The van der Waals surface area contributed by atoms with Crippen molar-refractivity contribution >= 4 is 13.5 Å². The lowest BCUT2D eigenvalue weighted by atomic mass is 10.0. The van der Waals surface area contributed by atoms with E-state index in [1.165, 1.54) is 81.3 Å². The molecule has 0 saturated heterocycles. The summed E-state index contributed by atoms with van der Waals surface area (Å²) >= 11 is 0. The number of unbranched alkanes of at least 4 members (excludes halogenated alkanes) is 9. The molecule has 160 valence electrons. The summed E-state index contributed by atoms with van der Waals surface area (Å²) in [6.07, 6.45) is 16.0. The molecular formula is C23H43N3OSi. The number of hydrogen-bond acceptors (Lipinski definition) is 2. The molecule has 5 heteroatoms. The van der Waals surface area contributed by atoms with Crippen molar-refractivity contribution in [2.45, 2.75) is 122 Å². The summed E-state index contributed by atoms with van der Waals surface area (Å²) in [6, 6.07) is 5.75. The molecule has 0 radical (unpaired) electrons. The predicted molar refractivity (Wildman–Crippen MR) is 124 cm³/mol. The minimum Gasteiger partial charge on any atom is -0.474 e. The van der Waals surface area contributed by atoms with Gasteiger partial charge in [0.15, 0.2) is 0 Å². The Bertz CT molecular complexity index is 554. The van der Waals surface area contributed by atoms with Crippen molar-refractivity contribution in [3.63, 3.8) is 0 Å². The first-order valence-electron chi connectivity index (χ1n) is 11.8. The molecule has 1 heterocycles. The molecule has 0 fully saturated rings. The van der Waals surface area contributed by atoms with Gasteiger partial charge in [-0.2, -0.15) is 0 Å². The van der Waals surface area contributed by atoms with Crippen molar-refractivity contribution in [2.24, 2.45) is 5.11 Å². The van der Waals surface area contributed by atoms with Crippen molar-refractivity contribution in [2.75, 3.05) is 0 Å². The average Bonchev–Trinajstić information content (AvgIpc) is 3.21. The number of azide groups is 1. The summed E-state index contributed by atoms with van der Waals surface area (Å²) in [5.41, 5.74) is 10.1. The Morgan fingerprint density at radius 1 is 0.893 bits per heavy atom. The lowest BCUT2D eigenvalue weighted by Gasteiger charge is -2.24. The van der Waals surface area contributed by atoms with Crippen LogP contribution in [0.4, 0.5) is 0 Å². The zero-order chi connectivity index (χ0) is 20.7. The summed E-state index contributed by atoms with van der Waals surface area (Å²) in [5.74, 6) is 0. The quantitative estimate of drug-likeness (QED) is 0.0840. The lowest BCUT2D eigenvalue weighted by molar-refractivity contribution is 0.523. The van der Waals surface area contributed by atoms with E-state index in [9.17, 15) is 0 Å². The van der Waals surface area contributed by atoms with Crippen LogP contribution in [-0.2, 0) is 0 Å². The molecule has 4 nitrogen and oxygen atoms in total. The Balaban J connectivity index is 2.43. The predicted octanol–water partition coefficient (Wildman–Crippen LogP) is 8.66. The highest BCUT2D eigenvalue weighted by molar-refractivity contribution is 6.90. The normalized spacial score (nSPS) is 12.7. The van der Waals surface area contributed by atoms with E-state index in [0.717, 1.165) is 18.4 Å². The number of furan rings is 1. The van der Waals surface area contributed by atoms with Crippen LogP contribution in [0.1, 0.15) is 110 Å². The molecule has 0 N–H and O–H groups in total. The second-order valence-electron chi connectivity index (χ2n) is 8.28. The molecule has 0 aliphatic carbocycles. The smallest absolute Gasteiger partial charge is 0.131 e. The minimum absolute atomic E-state index is 0.0752. The number of rotatable bonds is 17. The molecule has 1 aromatic heterocycles. The van der Waals surface area contributed by atoms with Gasteiger partial charge in [0.2, 0.25) is 0 Å². The van der Waals surface area contributed by atoms with Crippen molar-refractivity contribution in [3.05, 3.63) is 28.3 Å². The Labute approximate surface area is 174 Å². The molecule has 0 aromatic carbocycles. The van der Waals surface area contributed by atoms with E-state index < -0.39 is 8.07 Å². The van der Waals surface area contributed by atoms with Crippen LogP contribution in [0, 0.1) is 0 Å². The van der Waals surface area contributed by atoms with Gasteiger partial charge in [-0.3, -0.25) is 0 Å². The third-order valence-electron chi connectivity index (χ3n) is 6.58. The largest absolute Gasteiger partial charge is 0.474 e. The fraction of sp³-hybridized carbons (Fsp3) is 0.826. The monoisotopic (exact) mass is 405 g/mol. The van der Waals surface area contributed by atoms with Crippen LogP contribution in [0.3, 0.4) is 0 Å². The van der Waals surface area contributed by atoms with Gasteiger partial charge in [-0.25, -0.2) is 0 Å². The Kier molecular flexibility index (Phi) is 13.1. The van der Waals surface area contributed by atoms with Gasteiger partial charge in [-0.15, -0.1) is 0 Å². The SMILES string of the molecule is CCCCCCCCCCCCC(N=[N+]=[N-])c1coc([Si](CC)(CC)CC)c1. The second kappa shape index (κ2) is 14.8. The molecule has 0 spiro atoms. The number of hydrogen-bond donors (Lipinski definition) is 0. The minimum atomic E-state index is -1.51. The van der Waals surface area contributed by atoms with E-state index in [1.807, 2.05) is 6.26 Å². The van der Waals surface area contributed by atoms with Crippen LogP contribution in [-0.4, -0.2) is 8.07 Å². The molecule has 0 aliphatic rings. The van der Waals surface area contributed by atoms with Gasteiger partial charge in [0, 0.05) is 4.91 Å². The highest BCUT2D eigenvalue weighted by atomic mass is 28.3. The van der Waals surface area contributed by atoms with Crippen molar-refractivity contribution in [1.82, 2.24) is 0 Å². The third kappa shape index (κ3) is 8.04. The molecule has 28 heavy (non-hydrogen) atoms. The van der Waals surface area contributed by atoms with Crippen LogP contribution in [0.2, 0.25) is 18.1 Å². The van der Waals surface area contributed by atoms with Gasteiger partial charge < -0.3 is 4.42 Å². The summed E-state index contributed by atoms with van der Waals surface area (Å²) in [7, 11) is -1.51. The lowest BCUT2D eigenvalue weighted by Crippen LogP contribution is -2.44. The fourth-order valence-corrected chi connectivity index (χ4v) is 7.58. The molecule has 1 rings (SSSR count). The van der Waals surface area contributed by atoms with Gasteiger partial charge in [0.05, 0.1) is 17.7 Å². The molecular weight excluding hydrogens is 362 g/mol. The standard InChI is InChI=1S/C23H43N3OSi/c1-5-9-10-11-12-13-14-15-16-17-18-22(25-26-24)21-19-23(27-20-21)28(6-2,7-3)8-4/h19-20,22H,5-18H2,1-4H3. The van der Waals surface area contributed by atoms with E-state index in [1.54, 1.807) is 0 Å². The Hall–Kier alpha value is -1.19. The summed E-state index contributed by atoms with van der Waals surface area (Å²) in [4.78, 5) is 3.10. The topological polar surface area (TPSA) is 61.9 Å². The van der Waals surface area contributed by atoms with Crippen LogP contribution in [0.25, 0.3) is 10.4 Å². The molecule has 0 saturated carbocycles. The molecule has 1 unspecified atom stereocenters. The fourth-order valence-electron chi connectivity index (χ4n) is 4.25. The molecule has 1 aromatic rings. The van der Waals surface area contributed by atoms with Crippen LogP contribution in [0.15, 0.2) is 21.9 Å². The molecule has 0 amide bonds. The second-order valence-corrected chi connectivity index (χ2v) is 13.5. The summed E-state index contributed by atoms with van der Waals surface area (Å²) < 4.78 is 6.01. The maximum Gasteiger partial charge on any atom is 0.131 e. The highest BCUT2D eigenvalue weighted by Gasteiger charge is 2.33. The third-order valence-corrected chi connectivity index (χ3v) is 11.9. The maximum absolute atomic E-state index is 9.00. The molecule has 0 bridgehead atoms. The van der Waals surface area contributed by atoms with E-state index in [4.69, 9.17) is 9.95 Å². The van der Waals surface area contributed by atoms with Crippen LogP contribution < -0.4 is 5.38 Å². The van der Waals surface area contributed by atoms with Crippen molar-refractivity contribution in [1.29, 1.82) is 0 Å². The maximum atomic E-state index is 9.00. The zero-order valence-corrected chi connectivity index (χ0v) is 19.9. The Morgan fingerprint density at radius 3 is 1.93 bits per heavy atom. The van der Waals surface area contributed by atoms with Crippen molar-refractivity contribution < 1.29 is 4.42 Å². The van der Waals surface area contributed by atoms with E-state index in [2.05, 4.69) is 43.8 Å². The van der Waals surface area contributed by atoms with E-state index in [0.29, 0.717) is 0 Å². The highest BCUT2D eigenvalue weighted by Crippen LogP contribution is 2.28. The number of nitrogens with zero attached hydrogens (tertiary/aromatic N) is 3. The summed E-state index contributed by atoms with van der Waals surface area (Å²) in [6.45, 7) is 9.13. The molecule has 0 aliphatic heterocycles. The van der Waals surface area contributed by atoms with Gasteiger partial charge in [0.1, 0.15) is 8.07 Å². The van der Waals surface area contributed by atoms with Crippen LogP contribution >= 0.6 is 0 Å². The van der Waals surface area contributed by atoms with Gasteiger partial charge >= 0.3 is 0 Å². The summed E-state index contributed by atoms with van der Waals surface area (Å²) in [5, 5.41) is 5.27. The average molecular weight is 406 g/mol. The first-order valence-corrected chi connectivity index (χ1v) is 14.4. The van der Waals surface area contributed by atoms with Gasteiger partial charge in [0.25, 0.3) is 0 Å². The van der Waals surface area contributed by atoms with E-state index >= 15 is 0 Å². The van der Waals surface area contributed by atoms with E-state index in [-0.39, 0.29) is 6.04 Å². The van der Waals surface area contributed by atoms with Crippen molar-refractivity contribution in [3.8, 4) is 0 Å². The van der Waals surface area contributed by atoms with Crippen LogP contribution in [0.5, 0.6) is 0 Å². The Morgan fingerprint density at radius 2 is 1.43 bits per heavy atom.